The number of rotatable bonds is 11. The van der Waals surface area contributed by atoms with Gasteiger partial charge < -0.3 is 29.0 Å². The van der Waals surface area contributed by atoms with Crippen LogP contribution >= 0.6 is 11.6 Å². The third-order valence-corrected chi connectivity index (χ3v) is 8.71. The molecule has 2 aliphatic rings. The van der Waals surface area contributed by atoms with Crippen molar-refractivity contribution < 1.29 is 24.1 Å². The molecule has 3 aromatic carbocycles. The molecule has 0 radical (unpaired) electrons. The number of hydrogen-bond acceptors (Lipinski definition) is 8. The Kier molecular flexibility index (Phi) is 9.74. The molecule has 1 aromatic heterocycles. The minimum Gasteiger partial charge on any atom is -0.488 e. The van der Waals surface area contributed by atoms with Crippen LogP contribution in [0.3, 0.4) is 0 Å². The Balaban J connectivity index is 1.14. The van der Waals surface area contributed by atoms with E-state index in [-0.39, 0.29) is 18.8 Å². The summed E-state index contributed by atoms with van der Waals surface area (Å²) in [6.45, 7) is 9.54. The SMILES string of the molecule is C=Cc1cc(Cl)c(OCc2cccc(-c3ccc4c(c3)OC(CCN3CC[C@H](O)C3)CO4)c2C)cc1OCc1cncc(C#N)c1. The van der Waals surface area contributed by atoms with E-state index in [4.69, 9.17) is 35.8 Å². The Morgan fingerprint density at radius 2 is 1.98 bits per heavy atom. The molecule has 0 bridgehead atoms. The highest BCUT2D eigenvalue weighted by atomic mass is 35.5. The predicted octanol–water partition coefficient (Wildman–Crippen LogP) is 6.98. The van der Waals surface area contributed by atoms with Gasteiger partial charge in [-0.2, -0.15) is 5.26 Å². The van der Waals surface area contributed by atoms with E-state index in [2.05, 4.69) is 41.6 Å². The second-order valence-corrected chi connectivity index (χ2v) is 12.0. The molecule has 46 heavy (non-hydrogen) atoms. The fraction of sp³-hybridized carbons (Fsp3) is 0.297. The van der Waals surface area contributed by atoms with E-state index in [1.54, 1.807) is 30.5 Å². The van der Waals surface area contributed by atoms with Crippen LogP contribution < -0.4 is 18.9 Å². The number of hydrogen-bond donors (Lipinski definition) is 1. The molecule has 0 aliphatic carbocycles. The van der Waals surface area contributed by atoms with Crippen molar-refractivity contribution in [1.29, 1.82) is 5.26 Å². The molecule has 8 nitrogen and oxygen atoms in total. The average Bonchev–Trinajstić information content (AvgIpc) is 3.51. The van der Waals surface area contributed by atoms with Gasteiger partial charge in [-0.3, -0.25) is 4.98 Å². The van der Waals surface area contributed by atoms with Gasteiger partial charge in [0, 0.05) is 55.6 Å². The van der Waals surface area contributed by atoms with E-state index in [1.165, 1.54) is 6.20 Å². The van der Waals surface area contributed by atoms with Crippen LogP contribution in [0.1, 0.15) is 40.7 Å². The number of ether oxygens (including phenoxy) is 4. The molecular weight excluding hydrogens is 602 g/mol. The third-order valence-electron chi connectivity index (χ3n) is 8.42. The number of aliphatic hydroxyl groups is 1. The zero-order valence-electron chi connectivity index (χ0n) is 25.7. The van der Waals surface area contributed by atoms with Crippen molar-refractivity contribution in [1.82, 2.24) is 9.88 Å². The lowest BCUT2D eigenvalue weighted by molar-refractivity contribution is 0.0757. The van der Waals surface area contributed by atoms with Crippen molar-refractivity contribution in [3.8, 4) is 40.2 Å². The summed E-state index contributed by atoms with van der Waals surface area (Å²) in [6.07, 6.45) is 6.28. The Morgan fingerprint density at radius 3 is 2.78 bits per heavy atom. The van der Waals surface area contributed by atoms with Crippen LogP contribution in [-0.2, 0) is 13.2 Å². The Bertz CT molecular complexity index is 1770. The molecule has 1 fully saturated rings. The molecule has 1 unspecified atom stereocenters. The minimum atomic E-state index is -0.221. The van der Waals surface area contributed by atoms with Gasteiger partial charge in [-0.05, 0) is 59.9 Å². The number of benzene rings is 3. The van der Waals surface area contributed by atoms with Crippen molar-refractivity contribution in [2.45, 2.75) is 45.2 Å². The highest BCUT2D eigenvalue weighted by Crippen LogP contribution is 2.39. The zero-order chi connectivity index (χ0) is 32.0. The number of nitriles is 1. The van der Waals surface area contributed by atoms with E-state index in [1.807, 2.05) is 24.3 Å². The summed E-state index contributed by atoms with van der Waals surface area (Å²) >= 11 is 6.60. The topological polar surface area (TPSA) is 97.1 Å². The van der Waals surface area contributed by atoms with Gasteiger partial charge >= 0.3 is 0 Å². The third kappa shape index (κ3) is 7.29. The second kappa shape index (κ2) is 14.3. The molecule has 3 heterocycles. The standard InChI is InChI=1S/C37H36ClN3O5/c1-3-27-14-33(38)36(16-35(27)43-21-26-13-25(17-39)18-40-19-26)44-22-29-5-4-6-32(24(29)2)28-7-8-34-37(15-28)46-31(23-45-34)10-12-41-11-9-30(42)20-41/h3-8,13-16,18-19,30-31,42H,1,9-12,20-23H2,2H3/t30-,31?/m0/s1. The molecule has 9 heteroatoms. The van der Waals surface area contributed by atoms with E-state index in [0.29, 0.717) is 35.3 Å². The lowest BCUT2D eigenvalue weighted by Crippen LogP contribution is -2.34. The number of likely N-dealkylation sites (tertiary alicyclic amines) is 1. The number of pyridine rings is 1. The van der Waals surface area contributed by atoms with Crippen LogP contribution in [0.25, 0.3) is 17.2 Å². The van der Waals surface area contributed by atoms with Crippen molar-refractivity contribution in [3.63, 3.8) is 0 Å². The van der Waals surface area contributed by atoms with Crippen molar-refractivity contribution in [3.05, 3.63) is 106 Å². The molecular formula is C37H36ClN3O5. The minimum absolute atomic E-state index is 0.0354. The van der Waals surface area contributed by atoms with E-state index in [9.17, 15) is 5.11 Å². The fourth-order valence-electron chi connectivity index (χ4n) is 5.81. The number of nitrogens with zero attached hydrogens (tertiary/aromatic N) is 3. The molecule has 0 saturated carbocycles. The molecule has 0 amide bonds. The fourth-order valence-corrected chi connectivity index (χ4v) is 6.04. The molecule has 2 aliphatic heterocycles. The van der Waals surface area contributed by atoms with E-state index >= 15 is 0 Å². The zero-order valence-corrected chi connectivity index (χ0v) is 26.5. The van der Waals surface area contributed by atoms with Gasteiger partial charge in [0.1, 0.15) is 43.5 Å². The van der Waals surface area contributed by atoms with Crippen LogP contribution in [0.2, 0.25) is 5.02 Å². The summed E-state index contributed by atoms with van der Waals surface area (Å²) in [5, 5.41) is 19.4. The van der Waals surface area contributed by atoms with Crippen LogP contribution in [0, 0.1) is 18.3 Å². The highest BCUT2D eigenvalue weighted by Gasteiger charge is 2.25. The maximum Gasteiger partial charge on any atom is 0.162 e. The van der Waals surface area contributed by atoms with Crippen LogP contribution in [0.15, 0.2) is 73.6 Å². The average molecular weight is 638 g/mol. The van der Waals surface area contributed by atoms with E-state index in [0.717, 1.165) is 77.4 Å². The lowest BCUT2D eigenvalue weighted by atomic mass is 9.96. The lowest BCUT2D eigenvalue weighted by Gasteiger charge is -2.28. The molecule has 0 spiro atoms. The highest BCUT2D eigenvalue weighted by molar-refractivity contribution is 6.32. The Labute approximate surface area is 274 Å². The van der Waals surface area contributed by atoms with Gasteiger partial charge in [-0.15, -0.1) is 0 Å². The first-order valence-corrected chi connectivity index (χ1v) is 15.8. The van der Waals surface area contributed by atoms with Gasteiger partial charge in [0.2, 0.25) is 0 Å². The number of aromatic nitrogens is 1. The summed E-state index contributed by atoms with van der Waals surface area (Å²) in [5.74, 6) is 2.55. The number of halogens is 1. The van der Waals surface area contributed by atoms with Gasteiger partial charge in [0.15, 0.2) is 11.5 Å². The van der Waals surface area contributed by atoms with Crippen LogP contribution in [0.5, 0.6) is 23.0 Å². The maximum atomic E-state index is 9.82. The smallest absolute Gasteiger partial charge is 0.162 e. The number of fused-ring (bicyclic) bond motifs is 1. The molecule has 1 N–H and O–H groups in total. The molecule has 6 rings (SSSR count). The number of aliphatic hydroxyl groups excluding tert-OH is 1. The first-order chi connectivity index (χ1) is 22.4. The quantitative estimate of drug-likeness (QED) is 0.188. The maximum absolute atomic E-state index is 9.82. The van der Waals surface area contributed by atoms with Crippen LogP contribution in [0.4, 0.5) is 0 Å². The summed E-state index contributed by atoms with van der Waals surface area (Å²) in [6, 6.07) is 19.6. The van der Waals surface area contributed by atoms with Crippen LogP contribution in [-0.4, -0.2) is 53.4 Å². The van der Waals surface area contributed by atoms with Crippen molar-refractivity contribution in [2.75, 3.05) is 26.2 Å². The summed E-state index contributed by atoms with van der Waals surface area (Å²) in [4.78, 5) is 6.38. The molecule has 2 atom stereocenters. The molecule has 1 saturated heterocycles. The first-order valence-electron chi connectivity index (χ1n) is 15.4. The van der Waals surface area contributed by atoms with Gasteiger partial charge in [-0.25, -0.2) is 0 Å². The summed E-state index contributed by atoms with van der Waals surface area (Å²) < 4.78 is 24.7. The van der Waals surface area contributed by atoms with E-state index < -0.39 is 0 Å². The summed E-state index contributed by atoms with van der Waals surface area (Å²) in [7, 11) is 0. The second-order valence-electron chi connectivity index (χ2n) is 11.6. The van der Waals surface area contributed by atoms with Crippen molar-refractivity contribution in [2.24, 2.45) is 0 Å². The van der Waals surface area contributed by atoms with Crippen molar-refractivity contribution >= 4 is 17.7 Å². The van der Waals surface area contributed by atoms with Gasteiger partial charge in [-0.1, -0.05) is 48.5 Å². The first kappa shape index (κ1) is 31.4. The van der Waals surface area contributed by atoms with Gasteiger partial charge in [0.25, 0.3) is 0 Å². The molecule has 236 valence electrons. The monoisotopic (exact) mass is 637 g/mol. The summed E-state index contributed by atoms with van der Waals surface area (Å²) in [5.41, 5.74) is 6.19. The normalized spacial score (nSPS) is 17.3. The predicted molar refractivity (Wildman–Crippen MR) is 177 cm³/mol. The largest absolute Gasteiger partial charge is 0.488 e. The Morgan fingerprint density at radius 1 is 1.11 bits per heavy atom. The molecule has 4 aromatic rings. The van der Waals surface area contributed by atoms with Gasteiger partial charge in [0.05, 0.1) is 16.7 Å². The Hall–Kier alpha value is -4.55. The number of β-amino-alcohol motifs (C(OH)–C–C–N with tert-alkyl or cyclic N) is 1.